The Morgan fingerprint density at radius 2 is 2.05 bits per heavy atom. The van der Waals surface area contributed by atoms with Crippen molar-refractivity contribution in [1.82, 2.24) is 10.2 Å². The van der Waals surface area contributed by atoms with Crippen LogP contribution >= 0.6 is 23.2 Å². The highest BCUT2D eigenvalue weighted by atomic mass is 35.5. The molecule has 0 saturated carbocycles. The van der Waals surface area contributed by atoms with Crippen LogP contribution in [0.2, 0.25) is 10.3 Å². The van der Waals surface area contributed by atoms with Crippen LogP contribution in [0.1, 0.15) is 10.4 Å². The maximum absolute atomic E-state index is 12.2. The maximum Gasteiger partial charge on any atom is 0.259 e. The number of nitrogens with zero attached hydrogens (tertiary/aromatic N) is 4. The Morgan fingerprint density at radius 3 is 2.90 bits per heavy atom. The molecule has 2 aromatic rings. The van der Waals surface area contributed by atoms with Crippen LogP contribution in [0, 0.1) is 0 Å². The number of anilines is 1. The molecular weight excluding hydrogens is 321 g/mol. The standard InChI is InChI=1S/C11H5Cl2N5OS/c12-8-4-5(10(13)16-15-8)11(19)14-6-2-1-3-7-9(6)18-20-17-7/h1-4H,(H,14,19). The van der Waals surface area contributed by atoms with Gasteiger partial charge in [0.05, 0.1) is 22.6 Å². The number of rotatable bonds is 2. The number of aromatic nitrogens is 2. The molecule has 2 heterocycles. The van der Waals surface area contributed by atoms with Gasteiger partial charge in [0.15, 0.2) is 10.3 Å². The van der Waals surface area contributed by atoms with E-state index < -0.39 is 5.91 Å². The first-order valence-electron chi connectivity index (χ1n) is 5.36. The minimum absolute atomic E-state index is 0.0181. The highest BCUT2D eigenvalue weighted by molar-refractivity contribution is 7.58. The molecule has 0 spiro atoms. The number of fused-ring (bicyclic) bond motifs is 1. The summed E-state index contributed by atoms with van der Waals surface area (Å²) in [4.78, 5) is 12.2. The average molecular weight is 326 g/mol. The molecule has 1 aromatic heterocycles. The molecule has 1 aliphatic heterocycles. The Balaban J connectivity index is 1.93. The number of halogens is 2. The van der Waals surface area contributed by atoms with Crippen LogP contribution in [0.4, 0.5) is 17.1 Å². The summed E-state index contributed by atoms with van der Waals surface area (Å²) in [5, 5.41) is 9.93. The fourth-order valence-electron chi connectivity index (χ4n) is 1.61. The summed E-state index contributed by atoms with van der Waals surface area (Å²) in [5.41, 5.74) is 2.02. The largest absolute Gasteiger partial charge is 0.320 e. The lowest BCUT2D eigenvalue weighted by Crippen LogP contribution is -2.13. The van der Waals surface area contributed by atoms with E-state index in [4.69, 9.17) is 23.2 Å². The van der Waals surface area contributed by atoms with E-state index in [2.05, 4.69) is 24.2 Å². The summed E-state index contributed by atoms with van der Waals surface area (Å²) >= 11 is 12.6. The summed E-state index contributed by atoms with van der Waals surface area (Å²) in [6.07, 6.45) is 0. The monoisotopic (exact) mass is 325 g/mol. The van der Waals surface area contributed by atoms with Gasteiger partial charge in [0.2, 0.25) is 0 Å². The van der Waals surface area contributed by atoms with Gasteiger partial charge in [-0.25, -0.2) is 0 Å². The normalized spacial score (nSPS) is 11.9. The Bertz CT molecular complexity index is 788. The minimum atomic E-state index is -0.438. The Labute approximate surface area is 127 Å². The van der Waals surface area contributed by atoms with Crippen molar-refractivity contribution < 1.29 is 4.79 Å². The Hall–Kier alpha value is -1.83. The van der Waals surface area contributed by atoms with Crippen molar-refractivity contribution in [3.8, 4) is 0 Å². The molecule has 0 radical (unpaired) electrons. The second-order valence-electron chi connectivity index (χ2n) is 3.76. The summed E-state index contributed by atoms with van der Waals surface area (Å²) in [6, 6.07) is 6.67. The molecule has 20 heavy (non-hydrogen) atoms. The van der Waals surface area contributed by atoms with Crippen molar-refractivity contribution in [3.05, 3.63) is 40.1 Å². The molecule has 3 rings (SSSR count). The summed E-state index contributed by atoms with van der Waals surface area (Å²) in [6.45, 7) is 0. The highest BCUT2D eigenvalue weighted by Crippen LogP contribution is 2.38. The van der Waals surface area contributed by atoms with Crippen LogP contribution in [0.15, 0.2) is 33.0 Å². The zero-order valence-corrected chi connectivity index (χ0v) is 12.0. The van der Waals surface area contributed by atoms with Crippen molar-refractivity contribution in [2.75, 3.05) is 5.32 Å². The third-order valence-electron chi connectivity index (χ3n) is 2.50. The van der Waals surface area contributed by atoms with E-state index in [1.165, 1.54) is 6.07 Å². The van der Waals surface area contributed by atoms with Gasteiger partial charge >= 0.3 is 0 Å². The van der Waals surface area contributed by atoms with Crippen molar-refractivity contribution in [1.29, 1.82) is 0 Å². The van der Waals surface area contributed by atoms with Crippen LogP contribution < -0.4 is 5.32 Å². The number of hydrogen-bond acceptors (Lipinski definition) is 5. The number of benzene rings is 1. The number of nitrogens with one attached hydrogen (secondary N) is 1. The maximum atomic E-state index is 12.2. The first kappa shape index (κ1) is 13.2. The summed E-state index contributed by atoms with van der Waals surface area (Å²) in [5.74, 6) is -0.438. The third-order valence-corrected chi connectivity index (χ3v) is 3.50. The molecule has 0 bridgehead atoms. The Morgan fingerprint density at radius 1 is 1.20 bits per heavy atom. The molecule has 0 fully saturated rings. The van der Waals surface area contributed by atoms with Crippen LogP contribution in [0.3, 0.4) is 0 Å². The Kier molecular flexibility index (Phi) is 3.47. The van der Waals surface area contributed by atoms with Crippen LogP contribution in [-0.2, 0) is 11.4 Å². The number of amides is 1. The van der Waals surface area contributed by atoms with E-state index in [1.54, 1.807) is 12.1 Å². The molecule has 9 heteroatoms. The molecular formula is C11H5Cl2N5OS. The minimum Gasteiger partial charge on any atom is -0.320 e. The van der Waals surface area contributed by atoms with E-state index in [1.807, 2.05) is 6.07 Å². The van der Waals surface area contributed by atoms with E-state index in [0.717, 1.165) is 11.4 Å². The van der Waals surface area contributed by atoms with Gasteiger partial charge < -0.3 is 5.32 Å². The molecule has 1 aliphatic rings. The number of hydrogen-bond donors (Lipinski definition) is 1. The predicted molar refractivity (Wildman–Crippen MR) is 78.0 cm³/mol. The van der Waals surface area contributed by atoms with E-state index in [9.17, 15) is 4.79 Å². The lowest BCUT2D eigenvalue weighted by molar-refractivity contribution is 0.102. The van der Waals surface area contributed by atoms with Gasteiger partial charge in [-0.1, -0.05) is 29.3 Å². The van der Waals surface area contributed by atoms with Crippen molar-refractivity contribution >= 4 is 57.5 Å². The summed E-state index contributed by atoms with van der Waals surface area (Å²) in [7, 11) is 0. The lowest BCUT2D eigenvalue weighted by atomic mass is 10.2. The molecule has 6 nitrogen and oxygen atoms in total. The van der Waals surface area contributed by atoms with E-state index >= 15 is 0 Å². The van der Waals surface area contributed by atoms with Crippen LogP contribution in [0.25, 0.3) is 0 Å². The van der Waals surface area contributed by atoms with Gasteiger partial charge in [0.1, 0.15) is 11.4 Å². The summed E-state index contributed by atoms with van der Waals surface area (Å²) < 4.78 is 8.23. The van der Waals surface area contributed by atoms with Gasteiger partial charge in [-0.3, -0.25) is 4.79 Å². The molecule has 100 valence electrons. The lowest BCUT2D eigenvalue weighted by Gasteiger charge is -2.08. The smallest absolute Gasteiger partial charge is 0.259 e. The van der Waals surface area contributed by atoms with Crippen LogP contribution in [0.5, 0.6) is 0 Å². The molecule has 0 aliphatic carbocycles. The number of carbonyl (C=O) groups is 1. The fourth-order valence-corrected chi connectivity index (χ4v) is 2.48. The molecule has 0 unspecified atom stereocenters. The fraction of sp³-hybridized carbons (Fsp3) is 0. The molecule has 0 atom stereocenters. The molecule has 0 saturated heterocycles. The topological polar surface area (TPSA) is 79.6 Å². The quantitative estimate of drug-likeness (QED) is 0.778. The first-order chi connectivity index (χ1) is 9.65. The van der Waals surface area contributed by atoms with E-state index in [0.29, 0.717) is 17.1 Å². The first-order valence-corrected chi connectivity index (χ1v) is 6.85. The SMILES string of the molecule is O=C(Nc1cccc2c1N=S=N2)c1cc(Cl)nnc1Cl. The molecule has 1 amide bonds. The van der Waals surface area contributed by atoms with Gasteiger partial charge in [0.25, 0.3) is 5.91 Å². The van der Waals surface area contributed by atoms with Crippen LogP contribution in [-0.4, -0.2) is 16.1 Å². The van der Waals surface area contributed by atoms with Gasteiger partial charge in [-0.2, -0.15) is 8.73 Å². The second-order valence-corrected chi connectivity index (χ2v) is 5.04. The van der Waals surface area contributed by atoms with E-state index in [-0.39, 0.29) is 15.9 Å². The molecule has 1 N–H and O–H groups in total. The highest BCUT2D eigenvalue weighted by Gasteiger charge is 2.17. The zero-order valence-electron chi connectivity index (χ0n) is 9.67. The third kappa shape index (κ3) is 2.43. The average Bonchev–Trinajstić information content (AvgIpc) is 2.91. The van der Waals surface area contributed by atoms with Crippen molar-refractivity contribution in [2.45, 2.75) is 0 Å². The predicted octanol–water partition coefficient (Wildman–Crippen LogP) is 3.76. The van der Waals surface area contributed by atoms with Crippen molar-refractivity contribution in [3.63, 3.8) is 0 Å². The zero-order chi connectivity index (χ0) is 14.1. The second kappa shape index (κ2) is 5.28. The van der Waals surface area contributed by atoms with Gasteiger partial charge in [-0.15, -0.1) is 10.2 Å². The van der Waals surface area contributed by atoms with Crippen molar-refractivity contribution in [2.24, 2.45) is 8.73 Å². The van der Waals surface area contributed by atoms with Gasteiger partial charge in [0, 0.05) is 0 Å². The van der Waals surface area contributed by atoms with Gasteiger partial charge in [-0.05, 0) is 18.2 Å². The number of carbonyl (C=O) groups excluding carboxylic acids is 1. The molecule has 1 aromatic carbocycles.